The molecule has 0 saturated carbocycles. The SMILES string of the molecule is Cc1noc(/C=C/c2ccccc2)c1N1CCSC1=Nc1ccccc1. The van der Waals surface area contributed by atoms with Gasteiger partial charge in [-0.1, -0.05) is 71.5 Å². The quantitative estimate of drug-likeness (QED) is 0.624. The molecule has 4 nitrogen and oxygen atoms in total. The second-order valence-corrected chi connectivity index (χ2v) is 7.02. The maximum Gasteiger partial charge on any atom is 0.183 e. The van der Waals surface area contributed by atoms with E-state index in [0.717, 1.165) is 45.9 Å². The predicted molar refractivity (Wildman–Crippen MR) is 110 cm³/mol. The largest absolute Gasteiger partial charge is 0.354 e. The van der Waals surface area contributed by atoms with Crippen LogP contribution in [0.4, 0.5) is 11.4 Å². The van der Waals surface area contributed by atoms with Crippen molar-refractivity contribution in [3.05, 3.63) is 77.7 Å². The van der Waals surface area contributed by atoms with Crippen molar-refractivity contribution in [2.75, 3.05) is 17.2 Å². The number of thioether (sulfide) groups is 1. The van der Waals surface area contributed by atoms with Gasteiger partial charge in [0.05, 0.1) is 5.69 Å². The van der Waals surface area contributed by atoms with Crippen LogP contribution in [0.3, 0.4) is 0 Å². The van der Waals surface area contributed by atoms with Gasteiger partial charge in [-0.3, -0.25) is 0 Å². The van der Waals surface area contributed by atoms with Gasteiger partial charge >= 0.3 is 0 Å². The third-order valence-electron chi connectivity index (χ3n) is 4.11. The Hall–Kier alpha value is -2.79. The summed E-state index contributed by atoms with van der Waals surface area (Å²) in [4.78, 5) is 7.01. The molecule has 0 radical (unpaired) electrons. The zero-order valence-electron chi connectivity index (χ0n) is 14.5. The van der Waals surface area contributed by atoms with Crippen molar-refractivity contribution in [2.45, 2.75) is 6.92 Å². The monoisotopic (exact) mass is 361 g/mol. The van der Waals surface area contributed by atoms with Gasteiger partial charge in [-0.2, -0.15) is 0 Å². The number of aliphatic imine (C=N–C) groups is 1. The summed E-state index contributed by atoms with van der Waals surface area (Å²) < 4.78 is 5.59. The number of benzene rings is 2. The first kappa shape index (κ1) is 16.7. The van der Waals surface area contributed by atoms with Crippen LogP contribution in [-0.2, 0) is 0 Å². The van der Waals surface area contributed by atoms with E-state index in [0.29, 0.717) is 0 Å². The Morgan fingerprint density at radius 1 is 1.04 bits per heavy atom. The summed E-state index contributed by atoms with van der Waals surface area (Å²) in [7, 11) is 0. The molecule has 1 aliphatic rings. The van der Waals surface area contributed by atoms with Crippen LogP contribution in [0.1, 0.15) is 17.0 Å². The Morgan fingerprint density at radius 2 is 1.77 bits per heavy atom. The van der Waals surface area contributed by atoms with Gasteiger partial charge in [-0.05, 0) is 30.7 Å². The smallest absolute Gasteiger partial charge is 0.183 e. The molecule has 1 aliphatic heterocycles. The lowest BCUT2D eigenvalue weighted by Gasteiger charge is -2.17. The fraction of sp³-hybridized carbons (Fsp3) is 0.143. The van der Waals surface area contributed by atoms with Crippen molar-refractivity contribution < 1.29 is 4.52 Å². The fourth-order valence-corrected chi connectivity index (χ4v) is 3.84. The van der Waals surface area contributed by atoms with Crippen LogP contribution in [0.2, 0.25) is 0 Å². The Kier molecular flexibility index (Phi) is 4.88. The number of amidine groups is 1. The zero-order valence-corrected chi connectivity index (χ0v) is 15.3. The molecule has 1 fully saturated rings. The van der Waals surface area contributed by atoms with Crippen LogP contribution in [0.25, 0.3) is 12.2 Å². The minimum atomic E-state index is 0.759. The van der Waals surface area contributed by atoms with E-state index >= 15 is 0 Å². The molecule has 26 heavy (non-hydrogen) atoms. The number of nitrogens with zero attached hydrogens (tertiary/aromatic N) is 3. The molecule has 0 atom stereocenters. The molecule has 2 aromatic carbocycles. The number of rotatable bonds is 4. The van der Waals surface area contributed by atoms with Gasteiger partial charge in [0.1, 0.15) is 11.4 Å². The lowest BCUT2D eigenvalue weighted by Crippen LogP contribution is -2.24. The summed E-state index contributed by atoms with van der Waals surface area (Å²) in [5, 5.41) is 5.17. The zero-order chi connectivity index (χ0) is 17.8. The molecule has 0 aliphatic carbocycles. The molecular formula is C21H19N3OS. The number of anilines is 1. The normalized spacial score (nSPS) is 16.0. The molecule has 4 rings (SSSR count). The Bertz CT molecular complexity index is 932. The van der Waals surface area contributed by atoms with Gasteiger partial charge in [-0.25, -0.2) is 4.99 Å². The predicted octanol–water partition coefficient (Wildman–Crippen LogP) is 5.39. The third-order valence-corrected chi connectivity index (χ3v) is 5.07. The number of aromatic nitrogens is 1. The van der Waals surface area contributed by atoms with Crippen molar-refractivity contribution in [2.24, 2.45) is 4.99 Å². The van der Waals surface area contributed by atoms with Crippen LogP contribution in [0.15, 0.2) is 70.2 Å². The molecule has 1 aromatic heterocycles. The highest BCUT2D eigenvalue weighted by Gasteiger charge is 2.27. The molecule has 5 heteroatoms. The molecule has 3 aromatic rings. The molecule has 0 bridgehead atoms. The van der Waals surface area contributed by atoms with Crippen LogP contribution in [-0.4, -0.2) is 22.6 Å². The van der Waals surface area contributed by atoms with Gasteiger partial charge in [0, 0.05) is 12.3 Å². The molecule has 1 saturated heterocycles. The average molecular weight is 361 g/mol. The minimum Gasteiger partial charge on any atom is -0.354 e. The topological polar surface area (TPSA) is 41.6 Å². The summed E-state index contributed by atoms with van der Waals surface area (Å²) in [5.74, 6) is 1.76. The van der Waals surface area contributed by atoms with Crippen LogP contribution in [0.5, 0.6) is 0 Å². The number of hydrogen-bond acceptors (Lipinski definition) is 4. The van der Waals surface area contributed by atoms with Crippen LogP contribution in [0, 0.1) is 6.92 Å². The summed E-state index contributed by atoms with van der Waals surface area (Å²) in [6, 6.07) is 20.2. The van der Waals surface area contributed by atoms with E-state index in [4.69, 9.17) is 9.52 Å². The Morgan fingerprint density at radius 3 is 2.54 bits per heavy atom. The van der Waals surface area contributed by atoms with E-state index in [-0.39, 0.29) is 0 Å². The Balaban J connectivity index is 1.66. The molecule has 0 amide bonds. The summed E-state index contributed by atoms with van der Waals surface area (Å²) in [5.41, 5.74) is 3.96. The van der Waals surface area contributed by atoms with E-state index in [9.17, 15) is 0 Å². The number of aryl methyl sites for hydroxylation is 1. The maximum atomic E-state index is 5.59. The summed E-state index contributed by atoms with van der Waals surface area (Å²) in [6.07, 6.45) is 4.02. The highest BCUT2D eigenvalue weighted by atomic mass is 32.2. The highest BCUT2D eigenvalue weighted by molar-refractivity contribution is 8.14. The second kappa shape index (κ2) is 7.62. The van der Waals surface area contributed by atoms with Gasteiger partial charge in [0.2, 0.25) is 0 Å². The molecular weight excluding hydrogens is 342 g/mol. The summed E-state index contributed by atoms with van der Waals surface area (Å²) in [6.45, 7) is 2.87. The minimum absolute atomic E-state index is 0.759. The molecule has 0 N–H and O–H groups in total. The van der Waals surface area contributed by atoms with E-state index in [1.165, 1.54) is 0 Å². The van der Waals surface area contributed by atoms with Crippen molar-refractivity contribution in [3.63, 3.8) is 0 Å². The number of hydrogen-bond donors (Lipinski definition) is 0. The van der Waals surface area contributed by atoms with Gasteiger partial charge in [0.15, 0.2) is 10.9 Å². The lowest BCUT2D eigenvalue weighted by atomic mass is 10.2. The van der Waals surface area contributed by atoms with Gasteiger partial charge in [-0.15, -0.1) is 0 Å². The Labute approximate surface area is 157 Å². The first-order chi connectivity index (χ1) is 12.8. The first-order valence-electron chi connectivity index (χ1n) is 8.55. The van der Waals surface area contributed by atoms with E-state index in [1.807, 2.05) is 67.6 Å². The molecule has 130 valence electrons. The lowest BCUT2D eigenvalue weighted by molar-refractivity contribution is 0.408. The molecule has 0 spiro atoms. The van der Waals surface area contributed by atoms with Crippen molar-refractivity contribution >= 4 is 40.5 Å². The second-order valence-electron chi connectivity index (χ2n) is 5.95. The first-order valence-corrected chi connectivity index (χ1v) is 9.53. The van der Waals surface area contributed by atoms with E-state index in [2.05, 4.69) is 22.2 Å². The molecule has 2 heterocycles. The highest BCUT2D eigenvalue weighted by Crippen LogP contribution is 2.33. The average Bonchev–Trinajstić information content (AvgIpc) is 3.27. The number of para-hydroxylation sites is 1. The van der Waals surface area contributed by atoms with Gasteiger partial charge < -0.3 is 9.42 Å². The van der Waals surface area contributed by atoms with E-state index < -0.39 is 0 Å². The fourth-order valence-electron chi connectivity index (χ4n) is 2.87. The maximum absolute atomic E-state index is 5.59. The van der Waals surface area contributed by atoms with Crippen molar-refractivity contribution in [3.8, 4) is 0 Å². The third kappa shape index (κ3) is 3.58. The van der Waals surface area contributed by atoms with Crippen molar-refractivity contribution in [1.29, 1.82) is 0 Å². The van der Waals surface area contributed by atoms with Gasteiger partial charge in [0.25, 0.3) is 0 Å². The van der Waals surface area contributed by atoms with Crippen LogP contribution < -0.4 is 4.90 Å². The van der Waals surface area contributed by atoms with Crippen LogP contribution >= 0.6 is 11.8 Å². The van der Waals surface area contributed by atoms with Crippen molar-refractivity contribution in [1.82, 2.24) is 5.16 Å². The standard InChI is InChI=1S/C21H19N3OS/c1-16-20(19(25-23-16)13-12-17-8-4-2-5-9-17)24-14-15-26-21(24)22-18-10-6-3-7-11-18/h2-13H,14-15H2,1H3/b13-12+,22-21?. The molecule has 0 unspecified atom stereocenters. The summed E-state index contributed by atoms with van der Waals surface area (Å²) >= 11 is 1.76. The van der Waals surface area contributed by atoms with E-state index in [1.54, 1.807) is 11.8 Å².